The number of rotatable bonds is 7. The van der Waals surface area contributed by atoms with Gasteiger partial charge in [0, 0.05) is 11.3 Å². The third-order valence-corrected chi connectivity index (χ3v) is 9.10. The van der Waals surface area contributed by atoms with E-state index in [0.717, 1.165) is 52.8 Å². The number of aromatic hydroxyl groups is 1. The first-order valence-corrected chi connectivity index (χ1v) is 13.9. The molecular formula is C30H38O5S. The average molecular weight is 511 g/mol. The van der Waals surface area contributed by atoms with E-state index in [1.165, 1.54) is 11.8 Å². The maximum Gasteiger partial charge on any atom is 0.327 e. The summed E-state index contributed by atoms with van der Waals surface area (Å²) in [5.74, 6) is -0.0693. The lowest BCUT2D eigenvalue weighted by atomic mass is 9.76. The Bertz CT molecular complexity index is 1090. The number of hydrogen-bond donors (Lipinski definition) is 2. The van der Waals surface area contributed by atoms with E-state index in [0.29, 0.717) is 12.8 Å². The standard InChI is InChI=1S/C30H38O5S/c1-19-15-26(24(29(2,3)4)16-21(19)18-31)36-27-25(33)17-30(35-28(27)34,22-7-5-6-8-22)14-13-20-9-11-23(32)12-10-20/h9-12,15-16,22,27,31-32H,5-8,13-14,17-18H2,1-4H3. The van der Waals surface area contributed by atoms with E-state index in [4.69, 9.17) is 4.74 Å². The van der Waals surface area contributed by atoms with Gasteiger partial charge in [0.2, 0.25) is 0 Å². The zero-order chi connectivity index (χ0) is 26.1. The van der Waals surface area contributed by atoms with Crippen LogP contribution >= 0.6 is 11.8 Å². The molecule has 36 heavy (non-hydrogen) atoms. The van der Waals surface area contributed by atoms with Crippen molar-refractivity contribution >= 4 is 23.5 Å². The fourth-order valence-corrected chi connectivity index (χ4v) is 7.02. The van der Waals surface area contributed by atoms with Crippen molar-refractivity contribution < 1.29 is 24.5 Å². The van der Waals surface area contributed by atoms with Crippen LogP contribution in [-0.2, 0) is 32.8 Å². The van der Waals surface area contributed by atoms with Gasteiger partial charge < -0.3 is 14.9 Å². The number of esters is 1. The minimum Gasteiger partial charge on any atom is -0.508 e. The Balaban J connectivity index is 1.58. The molecule has 2 aromatic carbocycles. The molecule has 1 heterocycles. The van der Waals surface area contributed by atoms with E-state index in [-0.39, 0.29) is 35.9 Å². The minimum atomic E-state index is -0.881. The minimum absolute atomic E-state index is 0.0464. The monoisotopic (exact) mass is 510 g/mol. The molecule has 0 amide bonds. The molecule has 5 nitrogen and oxygen atoms in total. The predicted octanol–water partition coefficient (Wildman–Crippen LogP) is 6.03. The SMILES string of the molecule is Cc1cc(SC2C(=O)CC(CCc3ccc(O)cc3)(C3CCCC3)OC2=O)c(C(C)(C)C)cc1CO. The van der Waals surface area contributed by atoms with Crippen LogP contribution in [-0.4, -0.2) is 32.8 Å². The normalized spacial score (nSPS) is 23.2. The van der Waals surface area contributed by atoms with E-state index in [9.17, 15) is 19.8 Å². The first-order chi connectivity index (χ1) is 17.0. The summed E-state index contributed by atoms with van der Waals surface area (Å²) in [6.07, 6.45) is 5.69. The fourth-order valence-electron chi connectivity index (χ4n) is 5.67. The van der Waals surface area contributed by atoms with Crippen molar-refractivity contribution in [1.82, 2.24) is 0 Å². The Morgan fingerprint density at radius 2 is 1.75 bits per heavy atom. The molecule has 194 valence electrons. The summed E-state index contributed by atoms with van der Waals surface area (Å²) in [7, 11) is 0. The summed E-state index contributed by atoms with van der Waals surface area (Å²) in [6.45, 7) is 8.18. The van der Waals surface area contributed by atoms with Gasteiger partial charge in [0.1, 0.15) is 11.4 Å². The lowest BCUT2D eigenvalue weighted by molar-refractivity contribution is -0.177. The van der Waals surface area contributed by atoms with E-state index in [1.54, 1.807) is 12.1 Å². The molecule has 2 aromatic rings. The summed E-state index contributed by atoms with van der Waals surface area (Å²) < 4.78 is 6.29. The zero-order valence-electron chi connectivity index (χ0n) is 21.8. The van der Waals surface area contributed by atoms with Crippen molar-refractivity contribution in [3.63, 3.8) is 0 Å². The number of aliphatic hydroxyl groups excluding tert-OH is 1. The van der Waals surface area contributed by atoms with Crippen molar-refractivity contribution in [3.8, 4) is 5.75 Å². The maximum absolute atomic E-state index is 13.6. The van der Waals surface area contributed by atoms with Crippen molar-refractivity contribution in [2.45, 2.75) is 100 Å². The Morgan fingerprint density at radius 1 is 1.08 bits per heavy atom. The van der Waals surface area contributed by atoms with Gasteiger partial charge in [-0.3, -0.25) is 9.59 Å². The number of benzene rings is 2. The summed E-state index contributed by atoms with van der Waals surface area (Å²) in [5, 5.41) is 18.5. The van der Waals surface area contributed by atoms with Crippen LogP contribution in [0.15, 0.2) is 41.3 Å². The highest BCUT2D eigenvalue weighted by Crippen LogP contribution is 2.47. The summed E-state index contributed by atoms with van der Waals surface area (Å²) in [6, 6.07) is 11.1. The van der Waals surface area contributed by atoms with Crippen LogP contribution in [0.25, 0.3) is 0 Å². The van der Waals surface area contributed by atoms with Gasteiger partial charge in [0.25, 0.3) is 0 Å². The number of ether oxygens (including phenoxy) is 1. The number of phenolic OH excluding ortho intramolecular Hbond substituents is 1. The molecule has 0 aromatic heterocycles. The molecule has 6 heteroatoms. The Labute approximate surface area is 218 Å². The number of ketones is 1. The largest absolute Gasteiger partial charge is 0.508 e. The lowest BCUT2D eigenvalue weighted by Gasteiger charge is -2.43. The van der Waals surface area contributed by atoms with E-state index < -0.39 is 16.8 Å². The molecule has 2 N–H and O–H groups in total. The number of carbonyl (C=O) groups excluding carboxylic acids is 2. The molecule has 1 aliphatic heterocycles. The number of hydrogen-bond acceptors (Lipinski definition) is 6. The number of phenols is 1. The highest BCUT2D eigenvalue weighted by molar-refractivity contribution is 8.01. The number of aryl methyl sites for hydroxylation is 2. The molecule has 2 atom stereocenters. The molecular weight excluding hydrogens is 472 g/mol. The second kappa shape index (κ2) is 10.6. The van der Waals surface area contributed by atoms with Crippen LogP contribution in [0.3, 0.4) is 0 Å². The van der Waals surface area contributed by atoms with Gasteiger partial charge in [-0.2, -0.15) is 0 Å². The van der Waals surface area contributed by atoms with Crippen molar-refractivity contribution in [2.24, 2.45) is 5.92 Å². The first kappa shape index (κ1) is 26.7. The van der Waals surface area contributed by atoms with Crippen molar-refractivity contribution in [1.29, 1.82) is 0 Å². The quantitative estimate of drug-likeness (QED) is 0.350. The van der Waals surface area contributed by atoms with Crippen LogP contribution in [0.5, 0.6) is 5.75 Å². The molecule has 2 fully saturated rings. The fraction of sp³-hybridized carbons (Fsp3) is 0.533. The second-order valence-electron chi connectivity index (χ2n) is 11.5. The maximum atomic E-state index is 13.6. The van der Waals surface area contributed by atoms with Crippen LogP contribution in [0, 0.1) is 12.8 Å². The molecule has 2 aliphatic rings. The van der Waals surface area contributed by atoms with Gasteiger partial charge in [-0.1, -0.05) is 51.8 Å². The second-order valence-corrected chi connectivity index (χ2v) is 12.6. The molecule has 0 radical (unpaired) electrons. The number of carbonyl (C=O) groups is 2. The van der Waals surface area contributed by atoms with Gasteiger partial charge >= 0.3 is 5.97 Å². The molecule has 1 saturated carbocycles. The van der Waals surface area contributed by atoms with Crippen molar-refractivity contribution in [2.75, 3.05) is 0 Å². The van der Waals surface area contributed by atoms with Gasteiger partial charge in [-0.25, -0.2) is 0 Å². The summed E-state index contributed by atoms with van der Waals surface area (Å²) in [4.78, 5) is 28.0. The molecule has 0 spiro atoms. The van der Waals surface area contributed by atoms with Crippen LogP contribution < -0.4 is 0 Å². The highest BCUT2D eigenvalue weighted by Gasteiger charge is 2.52. The summed E-state index contributed by atoms with van der Waals surface area (Å²) >= 11 is 1.29. The van der Waals surface area contributed by atoms with E-state index >= 15 is 0 Å². The number of aliphatic hydroxyl groups is 1. The lowest BCUT2D eigenvalue weighted by Crippen LogP contribution is -2.53. The smallest absolute Gasteiger partial charge is 0.327 e. The highest BCUT2D eigenvalue weighted by atomic mass is 32.2. The molecule has 0 bridgehead atoms. The Kier molecular flexibility index (Phi) is 7.86. The van der Waals surface area contributed by atoms with Gasteiger partial charge in [-0.15, -0.1) is 11.8 Å². The topological polar surface area (TPSA) is 83.8 Å². The third-order valence-electron chi connectivity index (χ3n) is 7.82. The molecule has 1 saturated heterocycles. The zero-order valence-corrected chi connectivity index (χ0v) is 22.6. The van der Waals surface area contributed by atoms with E-state index in [2.05, 4.69) is 20.8 Å². The Hall–Kier alpha value is -2.31. The predicted molar refractivity (Wildman–Crippen MR) is 142 cm³/mol. The first-order valence-electron chi connectivity index (χ1n) is 13.0. The van der Waals surface area contributed by atoms with E-state index in [1.807, 2.05) is 31.2 Å². The number of Topliss-reactive ketones (excluding diaryl/α,β-unsaturated/α-hetero) is 1. The van der Waals surface area contributed by atoms with Crippen LogP contribution in [0.1, 0.15) is 81.5 Å². The molecule has 2 unspecified atom stereocenters. The molecule has 1 aliphatic carbocycles. The third kappa shape index (κ3) is 5.65. The molecule has 4 rings (SSSR count). The van der Waals surface area contributed by atoms with Crippen LogP contribution in [0.2, 0.25) is 0 Å². The number of thioether (sulfide) groups is 1. The van der Waals surface area contributed by atoms with Gasteiger partial charge in [-0.05, 0) is 84.4 Å². The van der Waals surface area contributed by atoms with Gasteiger partial charge in [0.15, 0.2) is 11.0 Å². The van der Waals surface area contributed by atoms with Gasteiger partial charge in [0.05, 0.1) is 6.61 Å². The summed E-state index contributed by atoms with van der Waals surface area (Å²) in [5.41, 5.74) is 2.90. The Morgan fingerprint density at radius 3 is 2.33 bits per heavy atom. The van der Waals surface area contributed by atoms with Crippen molar-refractivity contribution in [3.05, 3.63) is 58.7 Å². The average Bonchev–Trinajstić information content (AvgIpc) is 3.36. The van der Waals surface area contributed by atoms with Crippen LogP contribution in [0.4, 0.5) is 0 Å². The number of cyclic esters (lactones) is 1.